The monoisotopic (exact) mass is 583 g/mol. The number of unbranched alkanes of at least 4 members (excludes halogenated alkanes) is 2. The summed E-state index contributed by atoms with van der Waals surface area (Å²) >= 11 is 0. The number of nitrogens with zero attached hydrogens (tertiary/aromatic N) is 3. The van der Waals surface area contributed by atoms with Crippen LogP contribution in [0.5, 0.6) is 23.0 Å². The number of hydrogen-bond donors (Lipinski definition) is 0. The number of ether oxygens (including phenoxy) is 4. The molecule has 0 aliphatic carbocycles. The van der Waals surface area contributed by atoms with Crippen LogP contribution in [0.15, 0.2) is 59.6 Å². The van der Waals surface area contributed by atoms with Gasteiger partial charge in [-0.2, -0.15) is 0 Å². The molecule has 9 nitrogen and oxygen atoms in total. The van der Waals surface area contributed by atoms with Crippen LogP contribution in [0.3, 0.4) is 0 Å². The molecule has 4 aliphatic rings. The van der Waals surface area contributed by atoms with Crippen LogP contribution in [0.25, 0.3) is 6.08 Å². The van der Waals surface area contributed by atoms with E-state index in [-0.39, 0.29) is 23.9 Å². The molecule has 0 bridgehead atoms. The number of hydrogen-bond acceptors (Lipinski definition) is 7. The number of rotatable bonds is 10. The molecule has 9 heteroatoms. The first-order valence-electron chi connectivity index (χ1n) is 14.7. The largest absolute Gasteiger partial charge is 0.493 e. The highest BCUT2D eigenvalue weighted by Crippen LogP contribution is 2.39. The van der Waals surface area contributed by atoms with Crippen molar-refractivity contribution in [1.82, 2.24) is 9.80 Å². The molecule has 2 saturated heterocycles. The van der Waals surface area contributed by atoms with Gasteiger partial charge in [0, 0.05) is 25.4 Å². The summed E-state index contributed by atoms with van der Waals surface area (Å²) in [6.45, 7) is 10.2. The Hall–Kier alpha value is -4.53. The molecule has 4 aliphatic heterocycles. The molecule has 2 fully saturated rings. The maximum atomic E-state index is 13.2. The number of benzene rings is 2. The van der Waals surface area contributed by atoms with E-state index in [1.165, 1.54) is 0 Å². The topological polar surface area (TPSA) is 89.9 Å². The minimum atomic E-state index is -0.0682. The summed E-state index contributed by atoms with van der Waals surface area (Å²) in [4.78, 5) is 34.6. The predicted molar refractivity (Wildman–Crippen MR) is 165 cm³/mol. The van der Waals surface area contributed by atoms with Crippen LogP contribution in [0.1, 0.15) is 58.4 Å². The van der Waals surface area contributed by atoms with Crippen molar-refractivity contribution in [3.05, 3.63) is 71.3 Å². The standard InChI is InChI=1S/C34H37N3O6/c1-21-12-24-9-8-23-14-31(29(40-3)15-26(23)33(38)36(24)19-21)42-10-6-5-7-11-43-32-17-28-27(16-30(32)41-4)34(39)37-20-22(2)13-25(37)18-35-28/h8-9,14-18,24-25H,1-2,5-7,10-13,19-20H2,3-4H3/t24?,25-/m0/s1. The lowest BCUT2D eigenvalue weighted by Crippen LogP contribution is -2.35. The van der Waals surface area contributed by atoms with Crippen LogP contribution in [-0.2, 0) is 0 Å². The molecule has 0 spiro atoms. The van der Waals surface area contributed by atoms with Gasteiger partial charge in [-0.15, -0.1) is 0 Å². The fraction of sp³-hybridized carbons (Fsp3) is 0.382. The Balaban J connectivity index is 1.02. The minimum absolute atomic E-state index is 0.00960. The molecule has 6 rings (SSSR count). The van der Waals surface area contributed by atoms with E-state index in [4.69, 9.17) is 18.9 Å². The van der Waals surface area contributed by atoms with Crippen molar-refractivity contribution in [2.75, 3.05) is 40.5 Å². The van der Waals surface area contributed by atoms with Gasteiger partial charge in [0.25, 0.3) is 11.8 Å². The lowest BCUT2D eigenvalue weighted by molar-refractivity contribution is 0.0762. The number of carbonyl (C=O) groups is 2. The zero-order chi connectivity index (χ0) is 30.1. The van der Waals surface area contributed by atoms with Crippen molar-refractivity contribution >= 4 is 29.8 Å². The minimum Gasteiger partial charge on any atom is -0.493 e. The SMILES string of the molecule is C=C1CC2C=Cc3cc(OCCCCCOc4cc5c(cc4OC)C(=O)N4CC(=C)C[C@H]4C=N5)c(OC)cc3C(=O)N2C1. The van der Waals surface area contributed by atoms with E-state index >= 15 is 0 Å². The number of aliphatic imine (C=N–C) groups is 1. The van der Waals surface area contributed by atoms with E-state index in [0.717, 1.165) is 48.8 Å². The van der Waals surface area contributed by atoms with Crippen molar-refractivity contribution < 1.29 is 28.5 Å². The Kier molecular flexibility index (Phi) is 7.97. The van der Waals surface area contributed by atoms with E-state index in [9.17, 15) is 9.59 Å². The first kappa shape index (κ1) is 28.6. The van der Waals surface area contributed by atoms with Crippen molar-refractivity contribution in [3.63, 3.8) is 0 Å². The summed E-state index contributed by atoms with van der Waals surface area (Å²) in [5, 5.41) is 0. The number of amides is 2. The third kappa shape index (κ3) is 5.63. The fourth-order valence-electron chi connectivity index (χ4n) is 6.11. The van der Waals surface area contributed by atoms with Crippen molar-refractivity contribution in [1.29, 1.82) is 0 Å². The highest BCUT2D eigenvalue weighted by molar-refractivity contribution is 6.04. The third-order valence-corrected chi connectivity index (χ3v) is 8.37. The zero-order valence-electron chi connectivity index (χ0n) is 24.8. The van der Waals surface area contributed by atoms with Gasteiger partial charge in [-0.05, 0) is 55.9 Å². The lowest BCUT2D eigenvalue weighted by Gasteiger charge is -2.21. The molecule has 2 aromatic rings. The number of carbonyl (C=O) groups excluding carboxylic acids is 2. The molecule has 0 aromatic heterocycles. The summed E-state index contributed by atoms with van der Waals surface area (Å²) in [7, 11) is 3.15. The van der Waals surface area contributed by atoms with Gasteiger partial charge < -0.3 is 28.7 Å². The van der Waals surface area contributed by atoms with Crippen LogP contribution >= 0.6 is 0 Å². The van der Waals surface area contributed by atoms with E-state index in [2.05, 4.69) is 24.2 Å². The summed E-state index contributed by atoms with van der Waals surface area (Å²) in [6, 6.07) is 7.16. The molecule has 224 valence electrons. The predicted octanol–water partition coefficient (Wildman–Crippen LogP) is 5.62. The molecule has 0 radical (unpaired) electrons. The van der Waals surface area contributed by atoms with Crippen molar-refractivity contribution in [2.45, 2.75) is 44.2 Å². The molecular weight excluding hydrogens is 546 g/mol. The van der Waals surface area contributed by atoms with Gasteiger partial charge >= 0.3 is 0 Å². The van der Waals surface area contributed by atoms with Crippen LogP contribution in [-0.4, -0.2) is 80.4 Å². The number of fused-ring (bicyclic) bond motifs is 4. The van der Waals surface area contributed by atoms with Crippen LogP contribution < -0.4 is 18.9 Å². The third-order valence-electron chi connectivity index (χ3n) is 8.37. The second kappa shape index (κ2) is 12.0. The Morgan fingerprint density at radius 1 is 0.767 bits per heavy atom. The van der Waals surface area contributed by atoms with Gasteiger partial charge in [0.05, 0.1) is 56.3 Å². The van der Waals surface area contributed by atoms with Gasteiger partial charge in [0.15, 0.2) is 23.0 Å². The summed E-state index contributed by atoms with van der Waals surface area (Å²) in [5.41, 5.74) is 4.65. The second-order valence-corrected chi connectivity index (χ2v) is 11.4. The quantitative estimate of drug-likeness (QED) is 0.267. The Labute approximate surface area is 252 Å². The van der Waals surface area contributed by atoms with Crippen molar-refractivity contribution in [2.24, 2.45) is 4.99 Å². The second-order valence-electron chi connectivity index (χ2n) is 11.4. The number of methoxy groups -OCH3 is 2. The van der Waals surface area contributed by atoms with Gasteiger partial charge in [0.1, 0.15) is 0 Å². The maximum absolute atomic E-state index is 13.2. The van der Waals surface area contributed by atoms with Crippen molar-refractivity contribution in [3.8, 4) is 23.0 Å². The molecule has 1 unspecified atom stereocenters. The van der Waals surface area contributed by atoms with Gasteiger partial charge in [-0.25, -0.2) is 0 Å². The van der Waals surface area contributed by atoms with Gasteiger partial charge in [0.2, 0.25) is 0 Å². The fourth-order valence-corrected chi connectivity index (χ4v) is 6.11. The maximum Gasteiger partial charge on any atom is 0.257 e. The van der Waals surface area contributed by atoms with E-state index in [1.54, 1.807) is 37.3 Å². The molecule has 0 saturated carbocycles. The molecule has 0 N–H and O–H groups in total. The van der Waals surface area contributed by atoms with Crippen LogP contribution in [0, 0.1) is 0 Å². The summed E-state index contributed by atoms with van der Waals surface area (Å²) in [6.07, 6.45) is 9.94. The van der Waals surface area contributed by atoms with E-state index in [0.29, 0.717) is 66.1 Å². The summed E-state index contributed by atoms with van der Waals surface area (Å²) in [5.74, 6) is 2.16. The molecule has 2 atom stereocenters. The highest BCUT2D eigenvalue weighted by Gasteiger charge is 2.35. The smallest absolute Gasteiger partial charge is 0.257 e. The van der Waals surface area contributed by atoms with E-state index < -0.39 is 0 Å². The first-order chi connectivity index (χ1) is 20.9. The average molecular weight is 584 g/mol. The Bertz CT molecular complexity index is 1430. The molecule has 4 heterocycles. The van der Waals surface area contributed by atoms with E-state index in [1.807, 2.05) is 23.3 Å². The first-order valence-corrected chi connectivity index (χ1v) is 14.7. The van der Waals surface area contributed by atoms with Crippen LogP contribution in [0.2, 0.25) is 0 Å². The molecule has 2 aromatic carbocycles. The normalized spacial score (nSPS) is 20.3. The van der Waals surface area contributed by atoms with Gasteiger partial charge in [-0.1, -0.05) is 36.5 Å². The summed E-state index contributed by atoms with van der Waals surface area (Å²) < 4.78 is 23.3. The Morgan fingerprint density at radius 3 is 2.02 bits per heavy atom. The van der Waals surface area contributed by atoms with Crippen LogP contribution in [0.4, 0.5) is 5.69 Å². The molecule has 43 heavy (non-hydrogen) atoms. The average Bonchev–Trinajstić information content (AvgIpc) is 3.51. The lowest BCUT2D eigenvalue weighted by atomic mass is 10.0. The highest BCUT2D eigenvalue weighted by atomic mass is 16.5. The zero-order valence-corrected chi connectivity index (χ0v) is 24.8. The molecular formula is C34H37N3O6. The molecule has 2 amide bonds. The Morgan fingerprint density at radius 2 is 1.35 bits per heavy atom. The van der Waals surface area contributed by atoms with Gasteiger partial charge in [-0.3, -0.25) is 14.6 Å².